The Morgan fingerprint density at radius 3 is 2.77 bits per heavy atom. The number of amidine groups is 1. The average Bonchev–Trinajstić information content (AvgIpc) is 2.63. The zero-order valence-electron chi connectivity index (χ0n) is 13.8. The maximum Gasteiger partial charge on any atom is 0.265 e. The standard InChI is InChI=1S/C17H15BrClF2N3O2/c1-8-14(9-3-5-12(19)10(7-9)15(20)21)23-16(24-26-8)13-6-4-11(18)17(22-13)25-2/h3-8,14-15H,1-2H3,(H,23,24). The van der Waals surface area contributed by atoms with Crippen molar-refractivity contribution in [2.24, 2.45) is 5.16 Å². The van der Waals surface area contributed by atoms with Crippen molar-refractivity contribution in [2.75, 3.05) is 7.11 Å². The van der Waals surface area contributed by atoms with Crippen LogP contribution < -0.4 is 10.1 Å². The second kappa shape index (κ2) is 7.75. The number of pyridine rings is 1. The molecule has 0 saturated heterocycles. The minimum absolute atomic E-state index is 0.0290. The Balaban J connectivity index is 1.92. The number of ether oxygens (including phenoxy) is 1. The van der Waals surface area contributed by atoms with Gasteiger partial charge in [0.05, 0.1) is 17.6 Å². The van der Waals surface area contributed by atoms with Crippen molar-refractivity contribution >= 4 is 33.4 Å². The largest absolute Gasteiger partial charge is 0.480 e. The lowest BCUT2D eigenvalue weighted by atomic mass is 9.99. The molecule has 2 unspecified atom stereocenters. The molecule has 1 aliphatic heterocycles. The number of rotatable bonds is 4. The molecule has 0 spiro atoms. The molecule has 5 nitrogen and oxygen atoms in total. The zero-order chi connectivity index (χ0) is 18.8. The summed E-state index contributed by atoms with van der Waals surface area (Å²) < 4.78 is 32.2. The molecule has 138 valence electrons. The van der Waals surface area contributed by atoms with Gasteiger partial charge in [0.2, 0.25) is 5.88 Å². The SMILES string of the molecule is COc1nc(C2=NOC(C)C(c3ccc(Cl)c(C(F)F)c3)N2)ccc1Br. The number of hydrogen-bond donors (Lipinski definition) is 1. The topological polar surface area (TPSA) is 55.7 Å². The van der Waals surface area contributed by atoms with E-state index in [9.17, 15) is 8.78 Å². The summed E-state index contributed by atoms with van der Waals surface area (Å²) in [5.74, 6) is 0.779. The highest BCUT2D eigenvalue weighted by Crippen LogP contribution is 2.32. The van der Waals surface area contributed by atoms with Crippen LogP contribution in [0.3, 0.4) is 0 Å². The van der Waals surface area contributed by atoms with Crippen molar-refractivity contribution in [3.05, 3.63) is 56.6 Å². The van der Waals surface area contributed by atoms with E-state index in [0.29, 0.717) is 27.4 Å². The first-order valence-electron chi connectivity index (χ1n) is 7.69. The highest BCUT2D eigenvalue weighted by molar-refractivity contribution is 9.10. The van der Waals surface area contributed by atoms with Gasteiger partial charge >= 0.3 is 0 Å². The first-order valence-corrected chi connectivity index (χ1v) is 8.86. The van der Waals surface area contributed by atoms with Gasteiger partial charge in [-0.15, -0.1) is 0 Å². The molecule has 0 aliphatic carbocycles. The van der Waals surface area contributed by atoms with Crippen LogP contribution in [0.1, 0.15) is 36.2 Å². The molecule has 26 heavy (non-hydrogen) atoms. The van der Waals surface area contributed by atoms with E-state index in [4.69, 9.17) is 21.2 Å². The monoisotopic (exact) mass is 445 g/mol. The molecular weight excluding hydrogens is 432 g/mol. The minimum atomic E-state index is -2.66. The van der Waals surface area contributed by atoms with E-state index in [1.165, 1.54) is 19.2 Å². The van der Waals surface area contributed by atoms with Crippen molar-refractivity contribution in [3.63, 3.8) is 0 Å². The lowest BCUT2D eigenvalue weighted by molar-refractivity contribution is 0.0340. The van der Waals surface area contributed by atoms with Crippen LogP contribution >= 0.6 is 27.5 Å². The van der Waals surface area contributed by atoms with Crippen molar-refractivity contribution < 1.29 is 18.4 Å². The Kier molecular flexibility index (Phi) is 5.62. The van der Waals surface area contributed by atoms with E-state index in [2.05, 4.69) is 31.4 Å². The molecule has 2 atom stereocenters. The fourth-order valence-electron chi connectivity index (χ4n) is 2.58. The van der Waals surface area contributed by atoms with E-state index in [-0.39, 0.29) is 16.7 Å². The third-order valence-corrected chi connectivity index (χ3v) is 4.88. The predicted molar refractivity (Wildman–Crippen MR) is 97.9 cm³/mol. The van der Waals surface area contributed by atoms with Gasteiger partial charge in [-0.25, -0.2) is 13.8 Å². The van der Waals surface area contributed by atoms with Crippen molar-refractivity contribution in [2.45, 2.75) is 25.5 Å². The lowest BCUT2D eigenvalue weighted by Crippen LogP contribution is -2.41. The zero-order valence-corrected chi connectivity index (χ0v) is 16.2. The molecule has 1 aliphatic rings. The first kappa shape index (κ1) is 18.8. The summed E-state index contributed by atoms with van der Waals surface area (Å²) in [6.07, 6.45) is -3.03. The molecule has 0 bridgehead atoms. The number of nitrogens with zero attached hydrogens (tertiary/aromatic N) is 2. The maximum absolute atomic E-state index is 13.1. The first-order chi connectivity index (χ1) is 12.4. The highest BCUT2D eigenvalue weighted by Gasteiger charge is 2.29. The molecule has 0 amide bonds. The molecule has 2 heterocycles. The van der Waals surface area contributed by atoms with Gasteiger partial charge in [0, 0.05) is 10.6 Å². The number of benzene rings is 1. The van der Waals surface area contributed by atoms with E-state index in [1.54, 1.807) is 25.1 Å². The van der Waals surface area contributed by atoms with Gasteiger partial charge in [0.15, 0.2) is 5.84 Å². The van der Waals surface area contributed by atoms with Gasteiger partial charge in [-0.05, 0) is 52.7 Å². The quantitative estimate of drug-likeness (QED) is 0.729. The van der Waals surface area contributed by atoms with Crippen molar-refractivity contribution in [3.8, 4) is 5.88 Å². The van der Waals surface area contributed by atoms with Gasteiger partial charge in [0.25, 0.3) is 6.43 Å². The molecule has 0 radical (unpaired) electrons. The molecule has 0 saturated carbocycles. The molecule has 1 aromatic carbocycles. The van der Waals surface area contributed by atoms with Crippen LogP contribution in [-0.2, 0) is 4.84 Å². The normalized spacial score (nSPS) is 19.6. The molecule has 3 rings (SSSR count). The van der Waals surface area contributed by atoms with Crippen LogP contribution in [0.4, 0.5) is 8.78 Å². The Hall–Kier alpha value is -1.93. The molecular formula is C17H15BrClF2N3O2. The number of methoxy groups -OCH3 is 1. The summed E-state index contributed by atoms with van der Waals surface area (Å²) >= 11 is 9.19. The van der Waals surface area contributed by atoms with Crippen LogP contribution in [0.5, 0.6) is 5.88 Å². The van der Waals surface area contributed by atoms with Crippen LogP contribution in [0.25, 0.3) is 0 Å². The van der Waals surface area contributed by atoms with Crippen molar-refractivity contribution in [1.82, 2.24) is 10.3 Å². The second-order valence-electron chi connectivity index (χ2n) is 5.64. The lowest BCUT2D eigenvalue weighted by Gasteiger charge is -2.30. The third-order valence-electron chi connectivity index (χ3n) is 3.94. The molecule has 0 fully saturated rings. The number of halogens is 4. The fraction of sp³-hybridized carbons (Fsp3) is 0.294. The van der Waals surface area contributed by atoms with Crippen molar-refractivity contribution in [1.29, 1.82) is 0 Å². The summed E-state index contributed by atoms with van der Waals surface area (Å²) in [7, 11) is 1.51. The van der Waals surface area contributed by atoms with Gasteiger partial charge in [0.1, 0.15) is 11.8 Å². The van der Waals surface area contributed by atoms with Gasteiger partial charge in [-0.2, -0.15) is 0 Å². The molecule has 1 aromatic heterocycles. The summed E-state index contributed by atoms with van der Waals surface area (Å²) in [4.78, 5) is 9.80. The maximum atomic E-state index is 13.1. The van der Waals surface area contributed by atoms with E-state index in [1.807, 2.05) is 0 Å². The predicted octanol–water partition coefficient (Wildman–Crippen LogP) is 4.85. The van der Waals surface area contributed by atoms with E-state index in [0.717, 1.165) is 0 Å². The summed E-state index contributed by atoms with van der Waals surface area (Å²) in [6.45, 7) is 1.80. The second-order valence-corrected chi connectivity index (χ2v) is 6.90. The number of aromatic nitrogens is 1. The average molecular weight is 447 g/mol. The molecule has 9 heteroatoms. The summed E-state index contributed by atoms with van der Waals surface area (Å²) in [5, 5.41) is 7.26. The third kappa shape index (κ3) is 3.76. The Bertz CT molecular complexity index is 851. The van der Waals surface area contributed by atoms with Crippen LogP contribution in [-0.4, -0.2) is 24.0 Å². The molecule has 1 N–H and O–H groups in total. The van der Waals surface area contributed by atoms with Crippen LogP contribution in [0.2, 0.25) is 5.02 Å². The van der Waals surface area contributed by atoms with Gasteiger partial charge < -0.3 is 14.9 Å². The molecule has 2 aromatic rings. The minimum Gasteiger partial charge on any atom is -0.480 e. The number of oxime groups is 1. The number of alkyl halides is 2. The Morgan fingerprint density at radius 2 is 2.08 bits per heavy atom. The fourth-order valence-corrected chi connectivity index (χ4v) is 3.17. The van der Waals surface area contributed by atoms with E-state index < -0.39 is 12.5 Å². The number of hydrogen-bond acceptors (Lipinski definition) is 5. The smallest absolute Gasteiger partial charge is 0.265 e. The summed E-state index contributed by atoms with van der Waals surface area (Å²) in [6, 6.07) is 7.64. The Morgan fingerprint density at radius 1 is 1.31 bits per heavy atom. The van der Waals surface area contributed by atoms with Gasteiger partial charge in [-0.1, -0.05) is 22.8 Å². The number of nitrogens with one attached hydrogen (secondary N) is 1. The highest BCUT2D eigenvalue weighted by atomic mass is 79.9. The van der Waals surface area contributed by atoms with Crippen LogP contribution in [0, 0.1) is 0 Å². The van der Waals surface area contributed by atoms with Crippen LogP contribution in [0.15, 0.2) is 40.0 Å². The Labute approximate surface area is 162 Å². The van der Waals surface area contributed by atoms with E-state index >= 15 is 0 Å². The summed E-state index contributed by atoms with van der Waals surface area (Å²) in [5.41, 5.74) is 0.907. The van der Waals surface area contributed by atoms with Gasteiger partial charge in [-0.3, -0.25) is 0 Å².